The number of hydrogen-bond donors (Lipinski definition) is 1. The second-order valence-electron chi connectivity index (χ2n) is 7.14. The van der Waals surface area contributed by atoms with E-state index in [-0.39, 0.29) is 24.1 Å². The Morgan fingerprint density at radius 2 is 1.96 bits per heavy atom. The average Bonchev–Trinajstić information content (AvgIpc) is 3.42. The molecule has 1 N–H and O–H groups in total. The molecule has 0 aliphatic carbocycles. The lowest BCUT2D eigenvalue weighted by atomic mass is 9.99. The number of aromatic nitrogens is 3. The van der Waals surface area contributed by atoms with Crippen LogP contribution in [0.15, 0.2) is 48.1 Å². The third-order valence-corrected chi connectivity index (χ3v) is 6.36. The molecular formula is C20H20N4O2S. The summed E-state index contributed by atoms with van der Waals surface area (Å²) >= 11 is 1.63. The van der Waals surface area contributed by atoms with Gasteiger partial charge in [0.2, 0.25) is 0 Å². The molecule has 3 aromatic heterocycles. The summed E-state index contributed by atoms with van der Waals surface area (Å²) < 4.78 is 6.12. The Morgan fingerprint density at radius 3 is 2.67 bits per heavy atom. The van der Waals surface area contributed by atoms with Crippen molar-refractivity contribution in [2.75, 3.05) is 0 Å². The first-order valence-electron chi connectivity index (χ1n) is 9.26. The lowest BCUT2D eigenvalue weighted by Gasteiger charge is -2.38. The number of nitrogens with zero attached hydrogens (tertiary/aromatic N) is 3. The van der Waals surface area contributed by atoms with Crippen LogP contribution in [0, 0.1) is 0 Å². The predicted octanol–water partition coefficient (Wildman–Crippen LogP) is 3.75. The predicted molar refractivity (Wildman–Crippen MR) is 103 cm³/mol. The van der Waals surface area contributed by atoms with E-state index in [1.54, 1.807) is 23.7 Å². The first-order chi connectivity index (χ1) is 13.3. The topological polar surface area (TPSA) is 71.1 Å². The summed E-state index contributed by atoms with van der Waals surface area (Å²) in [4.78, 5) is 20.3. The molecule has 2 fully saturated rings. The van der Waals surface area contributed by atoms with Crippen molar-refractivity contribution >= 4 is 17.2 Å². The van der Waals surface area contributed by atoms with E-state index in [4.69, 9.17) is 4.74 Å². The summed E-state index contributed by atoms with van der Waals surface area (Å²) in [6.07, 6.45) is 7.44. The molecule has 2 atom stereocenters. The number of thiophene rings is 1. The second-order valence-corrected chi connectivity index (χ2v) is 8.08. The van der Waals surface area contributed by atoms with Gasteiger partial charge in [0.05, 0.1) is 10.6 Å². The van der Waals surface area contributed by atoms with Crippen LogP contribution in [0.1, 0.15) is 36.2 Å². The number of aromatic amines is 1. The fourth-order valence-electron chi connectivity index (χ4n) is 4.29. The van der Waals surface area contributed by atoms with Gasteiger partial charge in [0, 0.05) is 37.3 Å². The highest BCUT2D eigenvalue weighted by atomic mass is 32.1. The number of H-pyrrole nitrogens is 1. The van der Waals surface area contributed by atoms with Crippen molar-refractivity contribution in [2.45, 2.75) is 43.9 Å². The van der Waals surface area contributed by atoms with Gasteiger partial charge < -0.3 is 9.64 Å². The van der Waals surface area contributed by atoms with Crippen molar-refractivity contribution in [3.05, 3.63) is 53.8 Å². The molecule has 3 aromatic rings. The first-order valence-corrected chi connectivity index (χ1v) is 10.1. The Kier molecular flexibility index (Phi) is 4.16. The molecule has 0 aromatic carbocycles. The van der Waals surface area contributed by atoms with Gasteiger partial charge in [0.1, 0.15) is 11.9 Å². The Labute approximate surface area is 161 Å². The lowest BCUT2D eigenvalue weighted by molar-refractivity contribution is 0.0354. The van der Waals surface area contributed by atoms with Gasteiger partial charge in [-0.3, -0.25) is 14.9 Å². The van der Waals surface area contributed by atoms with Crippen molar-refractivity contribution in [1.82, 2.24) is 20.1 Å². The zero-order valence-corrected chi connectivity index (χ0v) is 15.6. The van der Waals surface area contributed by atoms with Crippen molar-refractivity contribution in [3.8, 4) is 16.3 Å². The molecule has 0 saturated carbocycles. The van der Waals surface area contributed by atoms with Crippen LogP contribution in [-0.2, 0) is 0 Å². The van der Waals surface area contributed by atoms with Crippen LogP contribution in [0.25, 0.3) is 10.6 Å². The molecule has 5 rings (SSSR count). The normalized spacial score (nSPS) is 24.1. The summed E-state index contributed by atoms with van der Waals surface area (Å²) in [5.74, 6) is 0.881. The maximum absolute atomic E-state index is 13.1. The minimum atomic E-state index is 0.0314. The van der Waals surface area contributed by atoms with Crippen LogP contribution >= 0.6 is 11.3 Å². The molecule has 2 aliphatic heterocycles. The van der Waals surface area contributed by atoms with Gasteiger partial charge in [-0.05, 0) is 42.5 Å². The molecule has 1 amide bonds. The zero-order chi connectivity index (χ0) is 18.2. The van der Waals surface area contributed by atoms with E-state index in [0.29, 0.717) is 5.69 Å². The second kappa shape index (κ2) is 6.81. The molecule has 5 heterocycles. The average molecular weight is 380 g/mol. The highest BCUT2D eigenvalue weighted by Crippen LogP contribution is 2.38. The van der Waals surface area contributed by atoms with Crippen LogP contribution < -0.4 is 4.74 Å². The summed E-state index contributed by atoms with van der Waals surface area (Å²) in [5, 5.41) is 9.30. The SMILES string of the molecule is O=C(c1cc(-c2cccs2)[nH]n1)N1C2CCC1CC(Oc1ccncc1)C2. The van der Waals surface area contributed by atoms with Crippen molar-refractivity contribution in [1.29, 1.82) is 0 Å². The van der Waals surface area contributed by atoms with Gasteiger partial charge in [-0.2, -0.15) is 5.10 Å². The smallest absolute Gasteiger partial charge is 0.274 e. The van der Waals surface area contributed by atoms with Gasteiger partial charge in [-0.1, -0.05) is 6.07 Å². The maximum atomic E-state index is 13.1. The Bertz CT molecular complexity index is 911. The summed E-state index contributed by atoms with van der Waals surface area (Å²) in [6.45, 7) is 0. The number of piperidine rings is 1. The third-order valence-electron chi connectivity index (χ3n) is 5.46. The van der Waals surface area contributed by atoms with Crippen LogP contribution in [0.4, 0.5) is 0 Å². The summed E-state index contributed by atoms with van der Waals surface area (Å²) in [7, 11) is 0. The Balaban J connectivity index is 1.30. The molecule has 2 unspecified atom stereocenters. The molecule has 0 spiro atoms. The quantitative estimate of drug-likeness (QED) is 0.748. The number of amides is 1. The van der Waals surface area contributed by atoms with E-state index in [9.17, 15) is 4.79 Å². The van der Waals surface area contributed by atoms with Crippen molar-refractivity contribution in [2.24, 2.45) is 0 Å². The number of nitrogens with one attached hydrogen (secondary N) is 1. The molecule has 2 bridgehead atoms. The number of carbonyl (C=O) groups is 1. The molecule has 27 heavy (non-hydrogen) atoms. The van der Waals surface area contributed by atoms with Crippen molar-refractivity contribution in [3.63, 3.8) is 0 Å². The fourth-order valence-corrected chi connectivity index (χ4v) is 4.98. The molecule has 0 radical (unpaired) electrons. The summed E-state index contributed by atoms with van der Waals surface area (Å²) in [6, 6.07) is 10.1. The first kappa shape index (κ1) is 16.5. The van der Waals surface area contributed by atoms with Gasteiger partial charge in [-0.15, -0.1) is 11.3 Å². The number of carbonyl (C=O) groups excluding carboxylic acids is 1. The molecule has 2 saturated heterocycles. The van der Waals surface area contributed by atoms with Crippen LogP contribution in [0.2, 0.25) is 0 Å². The van der Waals surface area contributed by atoms with Gasteiger partial charge in [-0.25, -0.2) is 0 Å². The van der Waals surface area contributed by atoms with E-state index < -0.39 is 0 Å². The number of hydrogen-bond acceptors (Lipinski definition) is 5. The molecule has 138 valence electrons. The fraction of sp³-hybridized carbons (Fsp3) is 0.350. The Morgan fingerprint density at radius 1 is 1.19 bits per heavy atom. The van der Waals surface area contributed by atoms with Crippen LogP contribution in [0.3, 0.4) is 0 Å². The monoisotopic (exact) mass is 380 g/mol. The highest BCUT2D eigenvalue weighted by Gasteiger charge is 2.44. The van der Waals surface area contributed by atoms with E-state index in [2.05, 4.69) is 15.2 Å². The Hall–Kier alpha value is -2.67. The molecule has 7 heteroatoms. The molecule has 2 aliphatic rings. The van der Waals surface area contributed by atoms with E-state index in [1.165, 1.54) is 0 Å². The van der Waals surface area contributed by atoms with E-state index in [1.807, 2.05) is 40.6 Å². The third kappa shape index (κ3) is 3.12. The molecular weight excluding hydrogens is 360 g/mol. The highest BCUT2D eigenvalue weighted by molar-refractivity contribution is 7.13. The number of pyridine rings is 1. The summed E-state index contributed by atoms with van der Waals surface area (Å²) in [5.41, 5.74) is 1.40. The number of fused-ring (bicyclic) bond motifs is 2. The van der Waals surface area contributed by atoms with E-state index in [0.717, 1.165) is 42.0 Å². The maximum Gasteiger partial charge on any atom is 0.274 e. The largest absolute Gasteiger partial charge is 0.490 e. The minimum Gasteiger partial charge on any atom is -0.490 e. The van der Waals surface area contributed by atoms with Gasteiger partial charge in [0.25, 0.3) is 5.91 Å². The van der Waals surface area contributed by atoms with E-state index >= 15 is 0 Å². The van der Waals surface area contributed by atoms with Crippen molar-refractivity contribution < 1.29 is 9.53 Å². The minimum absolute atomic E-state index is 0.0314. The van der Waals surface area contributed by atoms with Crippen LogP contribution in [0.5, 0.6) is 5.75 Å². The molecule has 6 nitrogen and oxygen atoms in total. The lowest BCUT2D eigenvalue weighted by Crippen LogP contribution is -2.49. The van der Waals surface area contributed by atoms with Crippen LogP contribution in [-0.4, -0.2) is 44.2 Å². The zero-order valence-electron chi connectivity index (χ0n) is 14.7. The number of ether oxygens (including phenoxy) is 1. The van der Waals surface area contributed by atoms with Gasteiger partial charge in [0.15, 0.2) is 5.69 Å². The number of rotatable bonds is 4. The van der Waals surface area contributed by atoms with Gasteiger partial charge >= 0.3 is 0 Å². The standard InChI is InChI=1S/C20H20N4O2S/c25-20(18-12-17(22-23-18)19-2-1-9-27-19)24-13-3-4-14(24)11-16(10-13)26-15-5-7-21-8-6-15/h1-2,5-9,12-14,16H,3-4,10-11H2,(H,22,23).